The summed E-state index contributed by atoms with van der Waals surface area (Å²) in [6, 6.07) is 7.21. The molecule has 2 aromatic rings. The van der Waals surface area contributed by atoms with Crippen molar-refractivity contribution in [3.8, 4) is 0 Å². The fraction of sp³-hybridized carbons (Fsp3) is 0.471. The molecule has 0 unspecified atom stereocenters. The summed E-state index contributed by atoms with van der Waals surface area (Å²) in [6.45, 7) is 4.91. The smallest absolute Gasteiger partial charge is 0.234 e. The fourth-order valence-electron chi connectivity index (χ4n) is 2.76. The summed E-state index contributed by atoms with van der Waals surface area (Å²) >= 11 is 0. The predicted octanol–water partition coefficient (Wildman–Crippen LogP) is 1.06. The van der Waals surface area contributed by atoms with Gasteiger partial charge in [-0.05, 0) is 31.2 Å². The first-order valence-corrected chi connectivity index (χ1v) is 8.39. The summed E-state index contributed by atoms with van der Waals surface area (Å²) in [4.78, 5) is 14.3. The molecule has 1 aliphatic rings. The van der Waals surface area contributed by atoms with Gasteiger partial charge < -0.3 is 19.8 Å². The summed E-state index contributed by atoms with van der Waals surface area (Å²) in [5.41, 5.74) is 0. The SMILES string of the molecule is C[C@@H](NC(=O)CN1CCO[C@@H](CNc2cccnn2)C1)c1ccco1. The van der Waals surface area contributed by atoms with Crippen LogP contribution in [0.5, 0.6) is 0 Å². The Hall–Kier alpha value is -2.45. The van der Waals surface area contributed by atoms with E-state index in [4.69, 9.17) is 9.15 Å². The molecule has 0 radical (unpaired) electrons. The summed E-state index contributed by atoms with van der Waals surface area (Å²) in [5, 5.41) is 14.0. The number of hydrogen-bond donors (Lipinski definition) is 2. The molecule has 2 atom stereocenters. The lowest BCUT2D eigenvalue weighted by atomic mass is 10.2. The minimum atomic E-state index is -0.141. The lowest BCUT2D eigenvalue weighted by molar-refractivity contribution is -0.124. The van der Waals surface area contributed by atoms with Crippen LogP contribution in [0.3, 0.4) is 0 Å². The van der Waals surface area contributed by atoms with Gasteiger partial charge in [0, 0.05) is 25.8 Å². The molecule has 0 aromatic carbocycles. The highest BCUT2D eigenvalue weighted by atomic mass is 16.5. The van der Waals surface area contributed by atoms with Crippen molar-refractivity contribution in [3.05, 3.63) is 42.5 Å². The summed E-state index contributed by atoms with van der Waals surface area (Å²) < 4.78 is 11.1. The molecule has 0 saturated carbocycles. The van der Waals surface area contributed by atoms with Gasteiger partial charge in [0.25, 0.3) is 0 Å². The molecular weight excluding hydrogens is 322 g/mol. The molecule has 0 spiro atoms. The maximum Gasteiger partial charge on any atom is 0.234 e. The lowest BCUT2D eigenvalue weighted by Gasteiger charge is -2.32. The zero-order valence-corrected chi connectivity index (χ0v) is 14.2. The number of rotatable bonds is 7. The second-order valence-corrected chi connectivity index (χ2v) is 6.02. The molecule has 1 amide bonds. The third-order valence-electron chi connectivity index (χ3n) is 4.02. The number of morpholine rings is 1. The van der Waals surface area contributed by atoms with Crippen molar-refractivity contribution in [1.82, 2.24) is 20.4 Å². The van der Waals surface area contributed by atoms with Crippen molar-refractivity contribution in [2.75, 3.05) is 38.1 Å². The highest BCUT2D eigenvalue weighted by molar-refractivity contribution is 5.78. The van der Waals surface area contributed by atoms with Crippen molar-refractivity contribution in [2.24, 2.45) is 0 Å². The van der Waals surface area contributed by atoms with Crippen LogP contribution < -0.4 is 10.6 Å². The largest absolute Gasteiger partial charge is 0.467 e. The Bertz CT molecular complexity index is 650. The minimum Gasteiger partial charge on any atom is -0.467 e. The third-order valence-corrected chi connectivity index (χ3v) is 4.02. The standard InChI is InChI=1S/C17H23N5O3/c1-13(15-4-3-8-25-15)20-17(23)12-22-7-9-24-14(11-22)10-18-16-5-2-6-19-21-16/h2-6,8,13-14H,7,9-12H2,1H3,(H,18,21)(H,20,23)/t13-,14+/m1/s1. The molecule has 8 nitrogen and oxygen atoms in total. The quantitative estimate of drug-likeness (QED) is 0.775. The number of carbonyl (C=O) groups is 1. The number of ether oxygens (including phenoxy) is 1. The van der Waals surface area contributed by atoms with Crippen LogP contribution in [-0.4, -0.2) is 59.9 Å². The van der Waals surface area contributed by atoms with Crippen molar-refractivity contribution < 1.29 is 13.9 Å². The van der Waals surface area contributed by atoms with E-state index in [2.05, 4.69) is 25.7 Å². The minimum absolute atomic E-state index is 0.00560. The van der Waals surface area contributed by atoms with Gasteiger partial charge in [-0.2, -0.15) is 5.10 Å². The topological polar surface area (TPSA) is 92.5 Å². The van der Waals surface area contributed by atoms with Crippen LogP contribution in [-0.2, 0) is 9.53 Å². The molecule has 2 aromatic heterocycles. The van der Waals surface area contributed by atoms with E-state index in [1.54, 1.807) is 12.5 Å². The van der Waals surface area contributed by atoms with Crippen LogP contribution in [0.25, 0.3) is 0 Å². The molecule has 2 N–H and O–H groups in total. The zero-order chi connectivity index (χ0) is 17.5. The van der Waals surface area contributed by atoms with Gasteiger partial charge in [-0.1, -0.05) is 0 Å². The zero-order valence-electron chi connectivity index (χ0n) is 14.2. The van der Waals surface area contributed by atoms with E-state index in [0.29, 0.717) is 32.1 Å². The van der Waals surface area contributed by atoms with Crippen LogP contribution in [0.1, 0.15) is 18.7 Å². The number of nitrogens with one attached hydrogen (secondary N) is 2. The summed E-state index contributed by atoms with van der Waals surface area (Å²) in [7, 11) is 0. The van der Waals surface area contributed by atoms with Crippen molar-refractivity contribution >= 4 is 11.7 Å². The Morgan fingerprint density at radius 2 is 2.36 bits per heavy atom. The maximum atomic E-state index is 12.2. The number of amides is 1. The molecule has 25 heavy (non-hydrogen) atoms. The molecule has 3 rings (SSSR count). The van der Waals surface area contributed by atoms with Gasteiger partial charge in [0.15, 0.2) is 0 Å². The van der Waals surface area contributed by atoms with Gasteiger partial charge in [-0.3, -0.25) is 9.69 Å². The van der Waals surface area contributed by atoms with Crippen molar-refractivity contribution in [1.29, 1.82) is 0 Å². The number of nitrogens with zero attached hydrogens (tertiary/aromatic N) is 3. The predicted molar refractivity (Wildman–Crippen MR) is 92.0 cm³/mol. The Morgan fingerprint density at radius 1 is 1.44 bits per heavy atom. The normalized spacial score (nSPS) is 19.3. The van der Waals surface area contributed by atoms with E-state index in [1.165, 1.54) is 0 Å². The number of anilines is 1. The van der Waals surface area contributed by atoms with Gasteiger partial charge >= 0.3 is 0 Å². The molecular formula is C17H23N5O3. The lowest BCUT2D eigenvalue weighted by Crippen LogP contribution is -2.49. The van der Waals surface area contributed by atoms with Crippen molar-refractivity contribution in [2.45, 2.75) is 19.1 Å². The first kappa shape index (κ1) is 17.4. The van der Waals surface area contributed by atoms with E-state index in [9.17, 15) is 4.79 Å². The van der Waals surface area contributed by atoms with E-state index >= 15 is 0 Å². The molecule has 8 heteroatoms. The molecule has 134 valence electrons. The molecule has 1 aliphatic heterocycles. The fourth-order valence-corrected chi connectivity index (χ4v) is 2.76. The Morgan fingerprint density at radius 3 is 3.12 bits per heavy atom. The van der Waals surface area contributed by atoms with E-state index < -0.39 is 0 Å². The van der Waals surface area contributed by atoms with E-state index in [-0.39, 0.29) is 18.1 Å². The third kappa shape index (κ3) is 5.27. The first-order chi connectivity index (χ1) is 12.2. The second-order valence-electron chi connectivity index (χ2n) is 6.02. The average Bonchev–Trinajstić information content (AvgIpc) is 3.16. The van der Waals surface area contributed by atoms with Crippen LogP contribution in [0.15, 0.2) is 41.1 Å². The molecule has 3 heterocycles. The van der Waals surface area contributed by atoms with Gasteiger partial charge in [-0.25, -0.2) is 0 Å². The first-order valence-electron chi connectivity index (χ1n) is 8.39. The van der Waals surface area contributed by atoms with Crippen LogP contribution >= 0.6 is 0 Å². The Balaban J connectivity index is 1.42. The second kappa shape index (κ2) is 8.59. The Labute approximate surface area is 146 Å². The summed E-state index contributed by atoms with van der Waals surface area (Å²) in [6.07, 6.45) is 3.24. The van der Waals surface area contributed by atoms with Crippen molar-refractivity contribution in [3.63, 3.8) is 0 Å². The van der Waals surface area contributed by atoms with Gasteiger partial charge in [0.1, 0.15) is 11.6 Å². The number of hydrogen-bond acceptors (Lipinski definition) is 7. The number of carbonyl (C=O) groups excluding carboxylic acids is 1. The number of furan rings is 1. The van der Waals surface area contributed by atoms with Gasteiger partial charge in [-0.15, -0.1) is 5.10 Å². The van der Waals surface area contributed by atoms with Crippen LogP contribution in [0.2, 0.25) is 0 Å². The Kier molecular flexibility index (Phi) is 5.97. The molecule has 1 saturated heterocycles. The van der Waals surface area contributed by atoms with Gasteiger partial charge in [0.05, 0.1) is 31.6 Å². The molecule has 1 fully saturated rings. The molecule has 0 bridgehead atoms. The van der Waals surface area contributed by atoms with Crippen LogP contribution in [0, 0.1) is 0 Å². The van der Waals surface area contributed by atoms with Crippen LogP contribution in [0.4, 0.5) is 5.82 Å². The highest BCUT2D eigenvalue weighted by Crippen LogP contribution is 2.12. The monoisotopic (exact) mass is 345 g/mol. The van der Waals surface area contributed by atoms with E-state index in [0.717, 1.165) is 12.3 Å². The average molecular weight is 345 g/mol. The van der Waals surface area contributed by atoms with Gasteiger partial charge in [0.2, 0.25) is 5.91 Å². The molecule has 0 aliphatic carbocycles. The number of aromatic nitrogens is 2. The summed E-state index contributed by atoms with van der Waals surface area (Å²) in [5.74, 6) is 1.45. The highest BCUT2D eigenvalue weighted by Gasteiger charge is 2.23. The van der Waals surface area contributed by atoms with E-state index in [1.807, 2.05) is 31.2 Å². The maximum absolute atomic E-state index is 12.2.